The standard InChI is InChI=1S/C74H114F8N12O15/c1-11-43(3)61-69(104)87(5)41-59(97)88(6)52-20-15-16-29-93(68(52)103)55(36-44-21-24-47(25-22-44)73(77,78)79)66(101)86(4)40-57(95)83-51(26-23-45-34-49(75)60(50(76)35-45)74(80,81)82)65(100)94-39-48(109-12-2)37-53(94)64(99)85-72(27-17-28-72)71(106)91(9)62(46-18-13-14-19-46)70(105)90(8)54(67(102)92-30-32-108-33-31-92)38-58(96)89(7)56(42-107-10)63(98)84-61/h43-56,60-62H,11-42H2,1-10H3,(H,83,95)(H,84,98)(H,85,99)/t43-,44?,45?,47?,48+,49?,50?,51-,52-,53-,54-,55-,56-,60?,61-,62-/m0/s1. The molecule has 27 nitrogen and oxygen atoms in total. The van der Waals surface area contributed by atoms with Gasteiger partial charge >= 0.3 is 12.4 Å². The van der Waals surface area contributed by atoms with Crippen LogP contribution in [0.4, 0.5) is 35.1 Å². The molecule has 12 atom stereocenters. The van der Waals surface area contributed by atoms with Crippen molar-refractivity contribution in [2.24, 2.45) is 35.5 Å². The van der Waals surface area contributed by atoms with E-state index in [1.165, 1.54) is 64.1 Å². The van der Waals surface area contributed by atoms with Gasteiger partial charge in [-0.2, -0.15) is 26.3 Å². The van der Waals surface area contributed by atoms with E-state index in [-0.39, 0.29) is 117 Å². The number of alkyl halides is 8. The van der Waals surface area contributed by atoms with Gasteiger partial charge in [0.2, 0.25) is 70.9 Å². The second kappa shape index (κ2) is 38.0. The predicted molar refractivity (Wildman–Crippen MR) is 378 cm³/mol. The van der Waals surface area contributed by atoms with E-state index < -0.39 is 236 Å². The Kier molecular flexibility index (Phi) is 30.5. The van der Waals surface area contributed by atoms with Crippen molar-refractivity contribution in [2.75, 3.05) is 115 Å². The van der Waals surface area contributed by atoms with Gasteiger partial charge in [-0.1, -0.05) is 33.1 Å². The fraction of sp³-hybridized carbons (Fsp3) is 0.838. The molecule has 3 N–H and O–H groups in total. The summed E-state index contributed by atoms with van der Waals surface area (Å²) in [7, 11) is 9.19. The summed E-state index contributed by atoms with van der Waals surface area (Å²) in [4.78, 5) is 192. The molecule has 0 aromatic rings. The van der Waals surface area contributed by atoms with Gasteiger partial charge in [-0.05, 0) is 140 Å². The quantitative estimate of drug-likeness (QED) is 0.213. The monoisotopic (exact) mass is 1560 g/mol. The Hall–Kier alpha value is -7.04. The summed E-state index contributed by atoms with van der Waals surface area (Å²) in [5.74, 6) is -17.0. The van der Waals surface area contributed by atoms with Crippen LogP contribution in [0.3, 0.4) is 0 Å². The van der Waals surface area contributed by atoms with Crippen LogP contribution in [0, 0.1) is 35.5 Å². The molecule has 35 heteroatoms. The number of carbonyl (C=O) groups excluding carboxylic acids is 12. The largest absolute Gasteiger partial charge is 0.397 e. The number of hydrogen-bond donors (Lipinski definition) is 3. The van der Waals surface area contributed by atoms with E-state index in [4.69, 9.17) is 14.2 Å². The van der Waals surface area contributed by atoms with Gasteiger partial charge in [-0.15, -0.1) is 0 Å². The minimum Gasteiger partial charge on any atom is -0.382 e. The summed E-state index contributed by atoms with van der Waals surface area (Å²) in [5, 5.41) is 8.33. The molecule has 616 valence electrons. The Balaban J connectivity index is 1.20. The maximum Gasteiger partial charge on any atom is 0.397 e. The molecule has 4 aliphatic heterocycles. The first kappa shape index (κ1) is 87.5. The molecule has 0 aromatic heterocycles. The van der Waals surface area contributed by atoms with Gasteiger partial charge in [0.05, 0.1) is 51.4 Å². The van der Waals surface area contributed by atoms with Crippen molar-refractivity contribution in [3.8, 4) is 0 Å². The van der Waals surface area contributed by atoms with Gasteiger partial charge in [0.25, 0.3) is 0 Å². The number of amides is 12. The van der Waals surface area contributed by atoms with Gasteiger partial charge < -0.3 is 74.3 Å². The zero-order valence-corrected chi connectivity index (χ0v) is 64.6. The van der Waals surface area contributed by atoms with E-state index in [9.17, 15) is 55.1 Å². The van der Waals surface area contributed by atoms with Crippen molar-refractivity contribution in [3.05, 3.63) is 0 Å². The lowest BCUT2D eigenvalue weighted by molar-refractivity contribution is -0.219. The second-order valence-electron chi connectivity index (χ2n) is 31.7. The van der Waals surface area contributed by atoms with E-state index in [0.717, 1.165) is 29.4 Å². The summed E-state index contributed by atoms with van der Waals surface area (Å²) in [6.07, 6.45) is -16.2. The van der Waals surface area contributed by atoms with Crippen molar-refractivity contribution >= 4 is 70.9 Å². The number of carbonyl (C=O) groups is 12. The normalized spacial score (nSPS) is 32.4. The highest BCUT2D eigenvalue weighted by atomic mass is 19.4. The van der Waals surface area contributed by atoms with Crippen molar-refractivity contribution in [1.82, 2.24) is 60.0 Å². The van der Waals surface area contributed by atoms with E-state index in [1.807, 2.05) is 0 Å². The lowest BCUT2D eigenvalue weighted by Gasteiger charge is -2.47. The number of methoxy groups -OCH3 is 1. The summed E-state index contributed by atoms with van der Waals surface area (Å²) in [5.41, 5.74) is -1.71. The molecule has 1 spiro atoms. The van der Waals surface area contributed by atoms with E-state index in [2.05, 4.69) is 16.0 Å². The molecule has 109 heavy (non-hydrogen) atoms. The van der Waals surface area contributed by atoms with Gasteiger partial charge in [-0.25, -0.2) is 8.78 Å². The van der Waals surface area contributed by atoms with Gasteiger partial charge in [0.1, 0.15) is 72.1 Å². The second-order valence-corrected chi connectivity index (χ2v) is 31.7. The minimum atomic E-state index is -5.22. The Labute approximate surface area is 632 Å². The van der Waals surface area contributed by atoms with Crippen molar-refractivity contribution in [1.29, 1.82) is 0 Å². The molecule has 4 saturated heterocycles. The number of morpholine rings is 1. The molecular weight excluding hydrogens is 1450 g/mol. The van der Waals surface area contributed by atoms with Crippen LogP contribution in [0.2, 0.25) is 0 Å². The topological polar surface area (TPSA) is 298 Å². The number of hydrogen-bond acceptors (Lipinski definition) is 15. The third-order valence-corrected chi connectivity index (χ3v) is 24.5. The molecule has 0 radical (unpaired) electrons. The summed E-state index contributed by atoms with van der Waals surface area (Å²) in [6.45, 7) is 3.28. The molecule has 12 amide bonds. The van der Waals surface area contributed by atoms with Crippen LogP contribution in [0.15, 0.2) is 0 Å². The van der Waals surface area contributed by atoms with Gasteiger partial charge in [0.15, 0.2) is 0 Å². The molecular formula is C74H114F8N12O15. The first-order valence-electron chi connectivity index (χ1n) is 38.8. The summed E-state index contributed by atoms with van der Waals surface area (Å²) >= 11 is 0. The molecule has 4 aliphatic carbocycles. The number of nitrogens with zero attached hydrogens (tertiary/aromatic N) is 9. The number of fused-ring (bicyclic) bond motifs is 3. The molecule has 8 fully saturated rings. The van der Waals surface area contributed by atoms with Crippen LogP contribution in [0.1, 0.15) is 162 Å². The predicted octanol–water partition coefficient (Wildman–Crippen LogP) is 4.56. The fourth-order valence-corrected chi connectivity index (χ4v) is 17.5. The maximum absolute atomic E-state index is 15.7. The number of halogens is 8. The summed E-state index contributed by atoms with van der Waals surface area (Å²) in [6, 6.07) is -11.6. The number of rotatable bonds is 13. The first-order chi connectivity index (χ1) is 51.4. The third-order valence-electron chi connectivity index (χ3n) is 24.5. The average Bonchev–Trinajstić information content (AvgIpc) is 1.54. The maximum atomic E-state index is 15.7. The molecule has 0 aromatic carbocycles. The Bertz CT molecular complexity index is 3210. The van der Waals surface area contributed by atoms with E-state index >= 15 is 37.5 Å². The summed E-state index contributed by atoms with van der Waals surface area (Å²) < 4.78 is 132. The lowest BCUT2D eigenvalue weighted by Crippen LogP contribution is -2.68. The van der Waals surface area contributed by atoms with E-state index in [0.29, 0.717) is 44.9 Å². The first-order valence-corrected chi connectivity index (χ1v) is 38.8. The minimum absolute atomic E-state index is 0.00230. The van der Waals surface area contributed by atoms with Crippen LogP contribution < -0.4 is 16.0 Å². The van der Waals surface area contributed by atoms with Crippen LogP contribution in [-0.2, 0) is 71.7 Å². The highest BCUT2D eigenvalue weighted by Gasteiger charge is 2.56. The zero-order valence-electron chi connectivity index (χ0n) is 64.6. The molecule has 8 aliphatic rings. The average molecular weight is 1560 g/mol. The molecule has 8 rings (SSSR count). The van der Waals surface area contributed by atoms with Crippen molar-refractivity contribution < 1.29 is 107 Å². The smallest absolute Gasteiger partial charge is 0.382 e. The fourth-order valence-electron chi connectivity index (χ4n) is 17.5. The van der Waals surface area contributed by atoms with Crippen LogP contribution in [0.5, 0.6) is 0 Å². The Morgan fingerprint density at radius 2 is 1.24 bits per heavy atom. The third kappa shape index (κ3) is 21.0. The Morgan fingerprint density at radius 3 is 1.82 bits per heavy atom. The van der Waals surface area contributed by atoms with E-state index in [1.54, 1.807) is 20.8 Å². The van der Waals surface area contributed by atoms with Gasteiger partial charge in [-0.3, -0.25) is 57.5 Å². The number of ether oxygens (including phenoxy) is 3. The lowest BCUT2D eigenvalue weighted by atomic mass is 9.74. The Morgan fingerprint density at radius 1 is 0.615 bits per heavy atom. The van der Waals surface area contributed by atoms with Crippen molar-refractivity contribution in [3.63, 3.8) is 0 Å². The van der Waals surface area contributed by atoms with Gasteiger partial charge in [0, 0.05) is 88.6 Å². The molecule has 2 bridgehead atoms. The van der Waals surface area contributed by atoms with Crippen LogP contribution in [-0.4, -0.2) is 315 Å². The molecule has 4 heterocycles. The molecule has 4 saturated carbocycles. The highest BCUT2D eigenvalue weighted by molar-refractivity contribution is 6.01. The zero-order chi connectivity index (χ0) is 80.3. The number of nitrogens with one attached hydrogen (secondary N) is 3. The number of likely N-dealkylation sites (N-methyl/N-ethyl adjacent to an activating group) is 6. The molecule has 2 unspecified atom stereocenters. The van der Waals surface area contributed by atoms with Crippen LogP contribution in [0.25, 0.3) is 0 Å². The van der Waals surface area contributed by atoms with Crippen molar-refractivity contribution in [2.45, 2.75) is 247 Å². The highest BCUT2D eigenvalue weighted by Crippen LogP contribution is 2.46. The van der Waals surface area contributed by atoms with Crippen LogP contribution >= 0.6 is 0 Å². The SMILES string of the molecule is CCO[C@@H]1C[C@H]2C(=O)NC3(CCC3)C(=O)N(C)[C@@H](C3CCCC3)C(=O)N(C)[C@H](C(=O)N3CCOCC3)CC(=O)N(C)[C@@H](COC)C(=O)N[C@@H]([C@@H](C)CC)C(=O)N(C)CC(=O)N(C)[C@H]3CCCCN(C3=O)[C@@H](CC3CCC(C(F)(F)F)CC3)C(=O)N(C)CC(=O)N[C@@H](CCC3CC(F)C(C(F)(F)F)C(F)C3)C(=O)N2C1.